The molecule has 0 unspecified atom stereocenters. The van der Waals surface area contributed by atoms with Gasteiger partial charge in [-0.15, -0.1) is 0 Å². The van der Waals surface area contributed by atoms with Crippen LogP contribution in [-0.4, -0.2) is 21.9 Å². The lowest BCUT2D eigenvalue weighted by Gasteiger charge is -2.62. The molecule has 5 atom stereocenters. The molecule has 2 heteroatoms. The normalized spacial score (nSPS) is 45.2. The minimum Gasteiger partial charge on any atom is -0.393 e. The van der Waals surface area contributed by atoms with Gasteiger partial charge in [0.1, 0.15) is 0 Å². The number of fused-ring (bicyclic) bond motifs is 1. The lowest BCUT2D eigenvalue weighted by Crippen LogP contribution is -2.62. The largest absolute Gasteiger partial charge is 0.393 e. The highest BCUT2D eigenvalue weighted by atomic mass is 16.3. The van der Waals surface area contributed by atoms with Gasteiger partial charge in [-0.1, -0.05) is 51.5 Å². The molecule has 2 aliphatic carbocycles. The van der Waals surface area contributed by atoms with E-state index in [2.05, 4.69) is 40.3 Å². The number of hydrogen-bond acceptors (Lipinski definition) is 2. The predicted octanol–water partition coefficient (Wildman–Crippen LogP) is 4.47. The van der Waals surface area contributed by atoms with Gasteiger partial charge in [-0.3, -0.25) is 0 Å². The molecule has 126 valence electrons. The van der Waals surface area contributed by atoms with Crippen LogP contribution in [0.1, 0.15) is 66.7 Å². The van der Waals surface area contributed by atoms with Crippen LogP contribution in [-0.2, 0) is 0 Å². The van der Waals surface area contributed by atoms with E-state index < -0.39 is 11.7 Å². The van der Waals surface area contributed by atoms with Crippen LogP contribution in [0.25, 0.3) is 0 Å². The van der Waals surface area contributed by atoms with Crippen LogP contribution >= 0.6 is 0 Å². The van der Waals surface area contributed by atoms with Gasteiger partial charge in [-0.25, -0.2) is 0 Å². The van der Waals surface area contributed by atoms with Gasteiger partial charge in [0, 0.05) is 6.42 Å². The topological polar surface area (TPSA) is 40.5 Å². The van der Waals surface area contributed by atoms with Crippen LogP contribution in [0.15, 0.2) is 24.3 Å². The van der Waals surface area contributed by atoms with Crippen LogP contribution in [0.5, 0.6) is 0 Å². The van der Waals surface area contributed by atoms with Crippen LogP contribution in [0, 0.1) is 22.7 Å². The zero-order valence-corrected chi connectivity index (χ0v) is 15.0. The first kappa shape index (κ1) is 17.7. The molecule has 2 fully saturated rings. The first-order valence-electron chi connectivity index (χ1n) is 8.74. The summed E-state index contributed by atoms with van der Waals surface area (Å²) in [6.45, 7) is 14.7. The Bertz CT molecular complexity index is 460. The first-order valence-corrected chi connectivity index (χ1v) is 8.74. The molecular formula is C20H34O2. The molecule has 2 N–H and O–H groups in total. The fourth-order valence-corrected chi connectivity index (χ4v) is 5.78. The number of hydrogen-bond donors (Lipinski definition) is 2. The maximum Gasteiger partial charge on any atom is 0.0680 e. The highest BCUT2D eigenvalue weighted by Crippen LogP contribution is 2.62. The maximum atomic E-state index is 11.0. The molecule has 22 heavy (non-hydrogen) atoms. The highest BCUT2D eigenvalue weighted by molar-refractivity contribution is 5.16. The number of aliphatic hydroxyl groups is 2. The van der Waals surface area contributed by atoms with E-state index in [0.717, 1.165) is 18.4 Å². The summed E-state index contributed by atoms with van der Waals surface area (Å²) in [7, 11) is 0. The van der Waals surface area contributed by atoms with E-state index in [1.54, 1.807) is 0 Å². The second-order valence-electron chi connectivity index (χ2n) is 8.89. The van der Waals surface area contributed by atoms with Crippen LogP contribution < -0.4 is 0 Å². The maximum absolute atomic E-state index is 11.0. The molecule has 0 heterocycles. The minimum atomic E-state index is -0.809. The summed E-state index contributed by atoms with van der Waals surface area (Å²) in [4.78, 5) is 0. The average Bonchev–Trinajstić information content (AvgIpc) is 2.34. The number of aliphatic hydroxyl groups excluding tert-OH is 1. The van der Waals surface area contributed by atoms with Gasteiger partial charge in [0.25, 0.3) is 0 Å². The lowest BCUT2D eigenvalue weighted by atomic mass is 9.44. The first-order chi connectivity index (χ1) is 10.0. The van der Waals surface area contributed by atoms with Gasteiger partial charge in [-0.2, -0.15) is 0 Å². The molecule has 2 nitrogen and oxygen atoms in total. The van der Waals surface area contributed by atoms with Crippen molar-refractivity contribution in [2.75, 3.05) is 0 Å². The van der Waals surface area contributed by atoms with E-state index in [0.29, 0.717) is 6.42 Å². The van der Waals surface area contributed by atoms with E-state index in [1.807, 2.05) is 13.0 Å². The lowest BCUT2D eigenvalue weighted by molar-refractivity contribution is -0.211. The Hall–Kier alpha value is -0.600. The molecule has 2 rings (SSSR count). The van der Waals surface area contributed by atoms with Crippen LogP contribution in [0.2, 0.25) is 0 Å². The van der Waals surface area contributed by atoms with E-state index in [4.69, 9.17) is 0 Å². The summed E-state index contributed by atoms with van der Waals surface area (Å²) in [6, 6.07) is 0. The summed E-state index contributed by atoms with van der Waals surface area (Å²) in [5.41, 5.74) is 0.479. The van der Waals surface area contributed by atoms with Gasteiger partial charge in [-0.05, 0) is 55.8 Å². The van der Waals surface area contributed by atoms with E-state index in [9.17, 15) is 10.2 Å². The Balaban J connectivity index is 2.42. The highest BCUT2D eigenvalue weighted by Gasteiger charge is 2.60. The van der Waals surface area contributed by atoms with Crippen LogP contribution in [0.3, 0.4) is 0 Å². The molecule has 0 radical (unpaired) electrons. The van der Waals surface area contributed by atoms with Gasteiger partial charge in [0.05, 0.1) is 11.7 Å². The summed E-state index contributed by atoms with van der Waals surface area (Å²) in [5.74, 6) is 0.444. The van der Waals surface area contributed by atoms with E-state index >= 15 is 0 Å². The fraction of sp³-hybridized carbons (Fsp3) is 0.800. The standard InChI is InChI=1S/C20H34O2/c1-7-14(2)9-10-16-19(5)12-8-11-18(3,4)17(19)15(21)13-20(16,6)22/h7,9,15-17,21-22H,1,8,10-13H2,2-6H3/b14-9+/t15-,16-,17-,19-,20-/m1/s1. The molecule has 0 amide bonds. The van der Waals surface area contributed by atoms with Crippen molar-refractivity contribution in [3.63, 3.8) is 0 Å². The minimum absolute atomic E-state index is 0.0130. The van der Waals surface area contributed by atoms with Crippen molar-refractivity contribution >= 4 is 0 Å². The molecule has 2 saturated carbocycles. The summed E-state index contributed by atoms with van der Waals surface area (Å²) < 4.78 is 0. The second-order valence-corrected chi connectivity index (χ2v) is 8.89. The molecule has 0 spiro atoms. The molecule has 0 bridgehead atoms. The van der Waals surface area contributed by atoms with Gasteiger partial charge >= 0.3 is 0 Å². The Morgan fingerprint density at radius 1 is 1.23 bits per heavy atom. The Morgan fingerprint density at radius 2 is 1.86 bits per heavy atom. The Morgan fingerprint density at radius 3 is 2.45 bits per heavy atom. The van der Waals surface area contributed by atoms with Crippen LogP contribution in [0.4, 0.5) is 0 Å². The molecule has 0 saturated heterocycles. The average molecular weight is 306 g/mol. The van der Waals surface area contributed by atoms with Gasteiger partial charge in [0.15, 0.2) is 0 Å². The molecule has 0 aromatic carbocycles. The van der Waals surface area contributed by atoms with E-state index in [-0.39, 0.29) is 22.7 Å². The number of rotatable bonds is 3. The zero-order valence-electron chi connectivity index (χ0n) is 15.0. The number of allylic oxidation sites excluding steroid dienone is 3. The second kappa shape index (κ2) is 5.79. The van der Waals surface area contributed by atoms with Crippen molar-refractivity contribution in [1.29, 1.82) is 0 Å². The zero-order chi connectivity index (χ0) is 16.8. The summed E-state index contributed by atoms with van der Waals surface area (Å²) in [6.07, 6.45) is 8.47. The summed E-state index contributed by atoms with van der Waals surface area (Å²) >= 11 is 0. The third kappa shape index (κ3) is 2.92. The van der Waals surface area contributed by atoms with Gasteiger partial charge in [0.2, 0.25) is 0 Å². The SMILES string of the molecule is C=C/C(C)=C/C[C@@H]1[C@@]2(C)CCCC(C)(C)[C@H]2[C@H](O)C[C@@]1(C)O. The third-order valence-corrected chi connectivity index (χ3v) is 6.64. The molecular weight excluding hydrogens is 272 g/mol. The summed E-state index contributed by atoms with van der Waals surface area (Å²) in [5, 5.41) is 21.8. The quantitative estimate of drug-likeness (QED) is 0.755. The van der Waals surface area contributed by atoms with Crippen molar-refractivity contribution < 1.29 is 10.2 Å². The Kier molecular flexibility index (Phi) is 4.68. The molecule has 0 aromatic heterocycles. The van der Waals surface area contributed by atoms with Crippen molar-refractivity contribution in [3.05, 3.63) is 24.3 Å². The third-order valence-electron chi connectivity index (χ3n) is 6.64. The van der Waals surface area contributed by atoms with Crippen molar-refractivity contribution in [3.8, 4) is 0 Å². The predicted molar refractivity (Wildman–Crippen MR) is 92.5 cm³/mol. The molecule has 0 aromatic rings. The molecule has 0 aliphatic heterocycles. The van der Waals surface area contributed by atoms with E-state index in [1.165, 1.54) is 12.8 Å². The van der Waals surface area contributed by atoms with Crippen molar-refractivity contribution in [2.45, 2.75) is 78.4 Å². The van der Waals surface area contributed by atoms with Gasteiger partial charge < -0.3 is 10.2 Å². The smallest absolute Gasteiger partial charge is 0.0680 e. The van der Waals surface area contributed by atoms with Crippen molar-refractivity contribution in [1.82, 2.24) is 0 Å². The fourth-order valence-electron chi connectivity index (χ4n) is 5.78. The monoisotopic (exact) mass is 306 g/mol. The van der Waals surface area contributed by atoms with Crippen molar-refractivity contribution in [2.24, 2.45) is 22.7 Å². The molecule has 2 aliphatic rings. The Labute approximate surface area is 136 Å².